The van der Waals surface area contributed by atoms with Crippen LogP contribution in [0.15, 0.2) is 18.2 Å². The normalized spacial score (nSPS) is 11.3. The summed E-state index contributed by atoms with van der Waals surface area (Å²) in [6.45, 7) is -0.00386. The van der Waals surface area contributed by atoms with Gasteiger partial charge in [0.25, 0.3) is 5.91 Å². The van der Waals surface area contributed by atoms with E-state index in [0.717, 1.165) is 18.4 Å². The Morgan fingerprint density at radius 3 is 2.50 bits per heavy atom. The highest BCUT2D eigenvalue weighted by molar-refractivity contribution is 7.88. The van der Waals surface area contributed by atoms with Crippen molar-refractivity contribution in [3.63, 3.8) is 0 Å². The largest absolute Gasteiger partial charge is 0.351 e. The molecule has 0 bridgehead atoms. The van der Waals surface area contributed by atoms with Gasteiger partial charge in [-0.05, 0) is 12.1 Å². The van der Waals surface area contributed by atoms with Crippen LogP contribution in [0, 0.1) is 11.6 Å². The lowest BCUT2D eigenvalue weighted by Crippen LogP contribution is -2.34. The van der Waals surface area contributed by atoms with Crippen molar-refractivity contribution in [1.82, 2.24) is 10.0 Å². The zero-order chi connectivity index (χ0) is 13.8. The fraction of sp³-hybridized carbons (Fsp3) is 0.300. The first-order valence-electron chi connectivity index (χ1n) is 4.97. The maximum Gasteiger partial charge on any atom is 0.254 e. The van der Waals surface area contributed by atoms with E-state index in [1.165, 1.54) is 0 Å². The number of halogens is 2. The van der Waals surface area contributed by atoms with Crippen molar-refractivity contribution in [2.45, 2.75) is 0 Å². The van der Waals surface area contributed by atoms with Gasteiger partial charge in [-0.15, -0.1) is 0 Å². The summed E-state index contributed by atoms with van der Waals surface area (Å²) in [6.07, 6.45) is 0.981. The standard InChI is InChI=1S/C10H12F2N2O3S/c1-18(16,17)14-5-4-13-10(15)8-3-2-7(11)6-9(8)12/h2-3,6,14H,4-5H2,1H3,(H,13,15). The number of sulfonamides is 1. The monoisotopic (exact) mass is 278 g/mol. The van der Waals surface area contributed by atoms with Gasteiger partial charge in [0.05, 0.1) is 11.8 Å². The molecule has 0 aliphatic carbocycles. The lowest BCUT2D eigenvalue weighted by molar-refractivity contribution is 0.0950. The fourth-order valence-electron chi connectivity index (χ4n) is 1.18. The fourth-order valence-corrected chi connectivity index (χ4v) is 1.65. The smallest absolute Gasteiger partial charge is 0.254 e. The Kier molecular flexibility index (Phi) is 4.74. The van der Waals surface area contributed by atoms with Crippen LogP contribution in [0.1, 0.15) is 10.4 Å². The summed E-state index contributed by atoms with van der Waals surface area (Å²) in [5.41, 5.74) is -0.296. The third kappa shape index (κ3) is 4.76. The molecule has 1 amide bonds. The Morgan fingerprint density at radius 1 is 1.28 bits per heavy atom. The second-order valence-corrected chi connectivity index (χ2v) is 5.38. The molecule has 8 heteroatoms. The molecule has 1 rings (SSSR count). The van der Waals surface area contributed by atoms with E-state index < -0.39 is 27.6 Å². The molecule has 0 aliphatic heterocycles. The number of carbonyl (C=O) groups excluding carboxylic acids is 1. The van der Waals surface area contributed by atoms with Crippen LogP contribution in [0.2, 0.25) is 0 Å². The second-order valence-electron chi connectivity index (χ2n) is 3.55. The number of benzene rings is 1. The molecule has 18 heavy (non-hydrogen) atoms. The Hall–Kier alpha value is -1.54. The van der Waals surface area contributed by atoms with Crippen LogP contribution in [-0.4, -0.2) is 33.7 Å². The molecule has 0 heterocycles. The van der Waals surface area contributed by atoms with Gasteiger partial charge in [0.2, 0.25) is 10.0 Å². The molecule has 2 N–H and O–H groups in total. The van der Waals surface area contributed by atoms with E-state index in [1.807, 2.05) is 0 Å². The van der Waals surface area contributed by atoms with E-state index in [1.54, 1.807) is 0 Å². The molecule has 100 valence electrons. The summed E-state index contributed by atoms with van der Waals surface area (Å²) in [5, 5.41) is 2.30. The summed E-state index contributed by atoms with van der Waals surface area (Å²) in [6, 6.07) is 2.58. The lowest BCUT2D eigenvalue weighted by atomic mass is 10.2. The van der Waals surface area contributed by atoms with Crippen LogP contribution in [-0.2, 0) is 10.0 Å². The van der Waals surface area contributed by atoms with Crippen molar-refractivity contribution in [3.8, 4) is 0 Å². The minimum absolute atomic E-state index is 0.00270. The van der Waals surface area contributed by atoms with Crippen molar-refractivity contribution in [3.05, 3.63) is 35.4 Å². The molecule has 0 saturated carbocycles. The number of rotatable bonds is 5. The number of hydrogen-bond acceptors (Lipinski definition) is 3. The molecule has 0 atom stereocenters. The number of amides is 1. The predicted octanol–water partition coefficient (Wildman–Crippen LogP) is 0.244. The van der Waals surface area contributed by atoms with Crippen molar-refractivity contribution in [2.75, 3.05) is 19.3 Å². The van der Waals surface area contributed by atoms with E-state index in [4.69, 9.17) is 0 Å². The Morgan fingerprint density at radius 2 is 1.94 bits per heavy atom. The molecule has 0 aromatic heterocycles. The van der Waals surface area contributed by atoms with Gasteiger partial charge in [-0.25, -0.2) is 21.9 Å². The summed E-state index contributed by atoms with van der Waals surface area (Å²) >= 11 is 0. The van der Waals surface area contributed by atoms with E-state index in [2.05, 4.69) is 10.0 Å². The van der Waals surface area contributed by atoms with Gasteiger partial charge in [-0.1, -0.05) is 0 Å². The summed E-state index contributed by atoms with van der Waals surface area (Å²) in [4.78, 5) is 11.5. The second kappa shape index (κ2) is 5.87. The minimum atomic E-state index is -3.33. The van der Waals surface area contributed by atoms with Crippen molar-refractivity contribution in [1.29, 1.82) is 0 Å². The first-order valence-corrected chi connectivity index (χ1v) is 6.86. The summed E-state index contributed by atoms with van der Waals surface area (Å²) < 4.78 is 49.4. The van der Waals surface area contributed by atoms with E-state index in [0.29, 0.717) is 6.07 Å². The van der Waals surface area contributed by atoms with Crippen LogP contribution in [0.5, 0.6) is 0 Å². The molecule has 0 unspecified atom stereocenters. The average Bonchev–Trinajstić information content (AvgIpc) is 2.22. The molecule has 0 fully saturated rings. The maximum atomic E-state index is 13.2. The van der Waals surface area contributed by atoms with Gasteiger partial charge < -0.3 is 5.32 Å². The third-order valence-corrected chi connectivity index (χ3v) is 2.68. The van der Waals surface area contributed by atoms with E-state index in [9.17, 15) is 22.0 Å². The van der Waals surface area contributed by atoms with Crippen LogP contribution >= 0.6 is 0 Å². The Balaban J connectivity index is 2.51. The van der Waals surface area contributed by atoms with Gasteiger partial charge >= 0.3 is 0 Å². The molecule has 0 spiro atoms. The zero-order valence-electron chi connectivity index (χ0n) is 9.54. The highest BCUT2D eigenvalue weighted by Crippen LogP contribution is 2.08. The predicted molar refractivity (Wildman–Crippen MR) is 61.5 cm³/mol. The SMILES string of the molecule is CS(=O)(=O)NCCNC(=O)c1ccc(F)cc1F. The molecule has 0 saturated heterocycles. The first-order chi connectivity index (χ1) is 8.29. The lowest BCUT2D eigenvalue weighted by Gasteiger charge is -2.06. The summed E-state index contributed by atoms with van der Waals surface area (Å²) in [7, 11) is -3.33. The van der Waals surface area contributed by atoms with Crippen LogP contribution in [0.25, 0.3) is 0 Å². The van der Waals surface area contributed by atoms with Crippen molar-refractivity contribution < 1.29 is 22.0 Å². The molecular weight excluding hydrogens is 266 g/mol. The minimum Gasteiger partial charge on any atom is -0.351 e. The summed E-state index contributed by atoms with van der Waals surface area (Å²) in [5.74, 6) is -2.48. The maximum absolute atomic E-state index is 13.2. The Bertz CT molecular complexity index is 546. The molecule has 1 aromatic carbocycles. The molecule has 0 aliphatic rings. The highest BCUT2D eigenvalue weighted by atomic mass is 32.2. The average molecular weight is 278 g/mol. The quantitative estimate of drug-likeness (QED) is 0.758. The van der Waals surface area contributed by atoms with Gasteiger partial charge in [0, 0.05) is 19.2 Å². The van der Waals surface area contributed by atoms with Crippen LogP contribution < -0.4 is 10.0 Å². The highest BCUT2D eigenvalue weighted by Gasteiger charge is 2.11. The molecule has 0 radical (unpaired) electrons. The van der Waals surface area contributed by atoms with E-state index >= 15 is 0 Å². The topological polar surface area (TPSA) is 75.3 Å². The molecule has 1 aromatic rings. The molecular formula is C10H12F2N2O3S. The third-order valence-electron chi connectivity index (χ3n) is 1.95. The number of nitrogens with one attached hydrogen (secondary N) is 2. The number of hydrogen-bond donors (Lipinski definition) is 2. The zero-order valence-corrected chi connectivity index (χ0v) is 10.4. The Labute approximate surface area is 103 Å². The first kappa shape index (κ1) is 14.5. The van der Waals surface area contributed by atoms with Crippen molar-refractivity contribution in [2.24, 2.45) is 0 Å². The molecule has 5 nitrogen and oxygen atoms in total. The van der Waals surface area contributed by atoms with Gasteiger partial charge in [-0.2, -0.15) is 0 Å². The van der Waals surface area contributed by atoms with Crippen LogP contribution in [0.3, 0.4) is 0 Å². The van der Waals surface area contributed by atoms with Crippen molar-refractivity contribution >= 4 is 15.9 Å². The number of carbonyl (C=O) groups is 1. The van der Waals surface area contributed by atoms with Gasteiger partial charge in [0.1, 0.15) is 11.6 Å². The van der Waals surface area contributed by atoms with Gasteiger partial charge in [0.15, 0.2) is 0 Å². The van der Waals surface area contributed by atoms with E-state index in [-0.39, 0.29) is 18.7 Å². The van der Waals surface area contributed by atoms with Crippen LogP contribution in [0.4, 0.5) is 8.78 Å². The van der Waals surface area contributed by atoms with Gasteiger partial charge in [-0.3, -0.25) is 4.79 Å².